The van der Waals surface area contributed by atoms with Crippen LogP contribution in [0.15, 0.2) is 35.9 Å². The molecule has 1 N–H and O–H groups in total. The molecule has 2 aliphatic rings. The smallest absolute Gasteiger partial charge is 0.303 e. The Labute approximate surface area is 187 Å². The highest BCUT2D eigenvalue weighted by molar-refractivity contribution is 5.66. The van der Waals surface area contributed by atoms with Crippen LogP contribution in [0.5, 0.6) is 5.75 Å². The third-order valence-electron chi connectivity index (χ3n) is 7.26. The summed E-state index contributed by atoms with van der Waals surface area (Å²) in [7, 11) is 3.84. The van der Waals surface area contributed by atoms with E-state index in [4.69, 9.17) is 9.47 Å². The van der Waals surface area contributed by atoms with E-state index in [1.54, 1.807) is 7.11 Å². The van der Waals surface area contributed by atoms with Crippen molar-refractivity contribution >= 4 is 5.97 Å². The van der Waals surface area contributed by atoms with Crippen LogP contribution in [0.1, 0.15) is 46.1 Å². The predicted octanol–water partition coefficient (Wildman–Crippen LogP) is 4.25. The zero-order chi connectivity index (χ0) is 22.8. The Morgan fingerprint density at radius 2 is 1.97 bits per heavy atom. The van der Waals surface area contributed by atoms with Crippen molar-refractivity contribution in [2.75, 3.05) is 20.7 Å². The lowest BCUT2D eigenvalue weighted by Crippen LogP contribution is -2.56. The standard InChI is InChI=1S/C26H38NO4/c1-17-13-24-23(12-7-19(3)26(24,29)14-25(17)31-20(4)28)18(2)15-27(5)16-21-8-10-22(30-6)11-9-21/h8-11,13-14,18-19,23-25,29H,7,12,15-16H2,1-6H3/t18?,19-,23+,24-,25-,26-/m1/s1. The molecule has 6 atom stereocenters. The second-order valence-corrected chi connectivity index (χ2v) is 9.68. The summed E-state index contributed by atoms with van der Waals surface area (Å²) < 4.78 is 10.7. The molecule has 1 aromatic carbocycles. The van der Waals surface area contributed by atoms with E-state index in [-0.39, 0.29) is 17.8 Å². The summed E-state index contributed by atoms with van der Waals surface area (Å²) in [6.07, 6.45) is 5.70. The van der Waals surface area contributed by atoms with Crippen LogP contribution in [0.2, 0.25) is 0 Å². The molecule has 0 spiro atoms. The molecule has 1 unspecified atom stereocenters. The van der Waals surface area contributed by atoms with Gasteiger partial charge in [-0.05, 0) is 67.8 Å². The Bertz CT molecular complexity index is 789. The van der Waals surface area contributed by atoms with Gasteiger partial charge < -0.3 is 19.5 Å². The Kier molecular flexibility index (Phi) is 7.48. The van der Waals surface area contributed by atoms with E-state index in [9.17, 15) is 9.90 Å². The maximum absolute atomic E-state index is 11.7. The number of fused-ring (bicyclic) bond motifs is 1. The quantitative estimate of drug-likeness (QED) is 0.520. The van der Waals surface area contributed by atoms with E-state index in [0.717, 1.165) is 37.3 Å². The van der Waals surface area contributed by atoms with Crippen molar-refractivity contribution < 1.29 is 19.4 Å². The van der Waals surface area contributed by atoms with E-state index in [2.05, 4.69) is 44.0 Å². The highest BCUT2D eigenvalue weighted by Gasteiger charge is 2.53. The lowest BCUT2D eigenvalue weighted by Gasteiger charge is -2.53. The summed E-state index contributed by atoms with van der Waals surface area (Å²) in [4.78, 5) is 13.9. The van der Waals surface area contributed by atoms with E-state index in [0.29, 0.717) is 11.8 Å². The monoisotopic (exact) mass is 428 g/mol. The first kappa shape index (κ1) is 23.8. The number of esters is 1. The minimum Gasteiger partial charge on any atom is -0.497 e. The van der Waals surface area contributed by atoms with Crippen molar-refractivity contribution in [1.82, 2.24) is 4.90 Å². The maximum Gasteiger partial charge on any atom is 0.303 e. The third-order valence-corrected chi connectivity index (χ3v) is 7.26. The van der Waals surface area contributed by atoms with Gasteiger partial charge in [0.1, 0.15) is 11.9 Å². The van der Waals surface area contributed by atoms with E-state index in [1.165, 1.54) is 12.5 Å². The number of hydrogen-bond donors (Lipinski definition) is 1. The lowest BCUT2D eigenvalue weighted by atomic mass is 9.57. The van der Waals surface area contributed by atoms with E-state index in [1.807, 2.05) is 25.5 Å². The molecule has 0 saturated heterocycles. The largest absolute Gasteiger partial charge is 0.497 e. The van der Waals surface area contributed by atoms with E-state index >= 15 is 0 Å². The number of methoxy groups -OCH3 is 1. The van der Waals surface area contributed by atoms with Gasteiger partial charge in [0, 0.05) is 32.4 Å². The van der Waals surface area contributed by atoms with Gasteiger partial charge in [0.15, 0.2) is 0 Å². The van der Waals surface area contributed by atoms with Crippen LogP contribution < -0.4 is 4.74 Å². The fourth-order valence-electron chi connectivity index (χ4n) is 5.49. The molecule has 5 nitrogen and oxygen atoms in total. The number of hydrogen-bond acceptors (Lipinski definition) is 5. The van der Waals surface area contributed by atoms with E-state index < -0.39 is 11.7 Å². The third kappa shape index (κ3) is 5.32. The van der Waals surface area contributed by atoms with Crippen LogP contribution >= 0.6 is 0 Å². The highest BCUT2D eigenvalue weighted by Crippen LogP contribution is 2.50. The zero-order valence-corrected chi connectivity index (χ0v) is 19.8. The van der Waals surface area contributed by atoms with Crippen molar-refractivity contribution in [2.24, 2.45) is 23.7 Å². The minimum atomic E-state index is -0.939. The molecule has 1 aromatic rings. The zero-order valence-electron chi connectivity index (χ0n) is 19.8. The molecule has 0 aliphatic heterocycles. The van der Waals surface area contributed by atoms with Gasteiger partial charge in [-0.2, -0.15) is 0 Å². The van der Waals surface area contributed by atoms with Crippen molar-refractivity contribution in [1.29, 1.82) is 0 Å². The van der Waals surface area contributed by atoms with Gasteiger partial charge in [0.25, 0.3) is 0 Å². The normalized spacial score (nSPS) is 31.5. The molecule has 2 aliphatic carbocycles. The molecule has 1 saturated carbocycles. The lowest BCUT2D eigenvalue weighted by molar-refractivity contribution is -0.148. The Morgan fingerprint density at radius 1 is 1.29 bits per heavy atom. The number of aliphatic hydroxyl groups is 1. The molecule has 31 heavy (non-hydrogen) atoms. The molecule has 171 valence electrons. The van der Waals surface area contributed by atoms with Gasteiger partial charge in [-0.1, -0.05) is 32.1 Å². The Morgan fingerprint density at radius 3 is 2.58 bits per heavy atom. The van der Waals surface area contributed by atoms with Crippen molar-refractivity contribution in [3.05, 3.63) is 47.9 Å². The van der Waals surface area contributed by atoms with Gasteiger partial charge >= 0.3 is 5.97 Å². The first-order chi connectivity index (χ1) is 14.6. The fourth-order valence-corrected chi connectivity index (χ4v) is 5.49. The average Bonchev–Trinajstić information content (AvgIpc) is 2.70. The summed E-state index contributed by atoms with van der Waals surface area (Å²) >= 11 is 0. The van der Waals surface area contributed by atoms with Crippen LogP contribution in [0, 0.1) is 30.1 Å². The SMILES string of the molecule is COc1ccc(CN(C)CC(C)[C@@H]2CC[C@@H](C)[C@]3(O)[CH][C@@H](OC(C)=O)C(C)=C[C@H]23)cc1. The summed E-state index contributed by atoms with van der Waals surface area (Å²) in [6, 6.07) is 8.22. The summed E-state index contributed by atoms with van der Waals surface area (Å²) in [5, 5.41) is 11.7. The highest BCUT2D eigenvalue weighted by atomic mass is 16.5. The van der Waals surface area contributed by atoms with Gasteiger partial charge in [-0.3, -0.25) is 4.79 Å². The molecular weight excluding hydrogens is 390 g/mol. The molecule has 1 fully saturated rings. The van der Waals surface area contributed by atoms with Gasteiger partial charge in [-0.15, -0.1) is 0 Å². The molecule has 0 heterocycles. The molecule has 0 aromatic heterocycles. The van der Waals surface area contributed by atoms with Crippen LogP contribution in [0.25, 0.3) is 0 Å². The average molecular weight is 429 g/mol. The number of carbonyl (C=O) groups is 1. The van der Waals surface area contributed by atoms with Gasteiger partial charge in [-0.25, -0.2) is 0 Å². The second kappa shape index (κ2) is 9.74. The van der Waals surface area contributed by atoms with Crippen LogP contribution in [-0.2, 0) is 16.1 Å². The van der Waals surface area contributed by atoms with Crippen LogP contribution in [0.3, 0.4) is 0 Å². The number of rotatable bonds is 7. The Hall–Kier alpha value is -1.85. The maximum atomic E-state index is 11.7. The molecule has 0 amide bonds. The number of ether oxygens (including phenoxy) is 2. The number of nitrogens with zero attached hydrogens (tertiary/aromatic N) is 1. The molecule has 1 radical (unpaired) electrons. The minimum absolute atomic E-state index is 0.0486. The molecule has 3 rings (SSSR count). The predicted molar refractivity (Wildman–Crippen MR) is 122 cm³/mol. The van der Waals surface area contributed by atoms with Gasteiger partial charge in [0.2, 0.25) is 0 Å². The topological polar surface area (TPSA) is 59.0 Å². The summed E-state index contributed by atoms with van der Waals surface area (Å²) in [5.74, 6) is 1.55. The molecule has 5 heteroatoms. The number of carbonyl (C=O) groups excluding carboxylic acids is 1. The van der Waals surface area contributed by atoms with Crippen LogP contribution in [0.4, 0.5) is 0 Å². The van der Waals surface area contributed by atoms with Crippen molar-refractivity contribution in [3.8, 4) is 5.75 Å². The summed E-state index contributed by atoms with van der Waals surface area (Å²) in [6.45, 7) is 9.66. The second-order valence-electron chi connectivity index (χ2n) is 9.68. The van der Waals surface area contributed by atoms with Crippen molar-refractivity contribution in [2.45, 2.75) is 58.8 Å². The first-order valence-electron chi connectivity index (χ1n) is 11.4. The molecule has 0 bridgehead atoms. The van der Waals surface area contributed by atoms with Crippen LogP contribution in [-0.4, -0.2) is 48.4 Å². The number of benzene rings is 1. The fraction of sp³-hybridized carbons (Fsp3) is 0.615. The Balaban J connectivity index is 1.70. The summed E-state index contributed by atoms with van der Waals surface area (Å²) in [5.41, 5.74) is 1.34. The van der Waals surface area contributed by atoms with Gasteiger partial charge in [0.05, 0.1) is 12.7 Å². The first-order valence-corrected chi connectivity index (χ1v) is 11.4. The van der Waals surface area contributed by atoms with Crippen molar-refractivity contribution in [3.63, 3.8) is 0 Å². The molecular formula is C26H38NO4.